The Labute approximate surface area is 466 Å². The number of unbranched alkanes of at least 4 members (excludes halogenated alkanes) is 39. The van der Waals surface area contributed by atoms with Crippen molar-refractivity contribution in [3.63, 3.8) is 0 Å². The van der Waals surface area contributed by atoms with Gasteiger partial charge in [-0.15, -0.1) is 0 Å². The molecule has 436 valence electrons. The quantitative estimate of drug-likeness (QED) is 0.0261. The highest BCUT2D eigenvalue weighted by atomic mass is 16.6. The predicted octanol–water partition coefficient (Wildman–Crippen LogP) is 22.3. The van der Waals surface area contributed by atoms with E-state index in [2.05, 4.69) is 81.5 Å². The number of ether oxygens (including phenoxy) is 3. The normalized spacial score (nSPS) is 12.4. The van der Waals surface area contributed by atoms with Crippen molar-refractivity contribution in [2.45, 2.75) is 348 Å². The summed E-state index contributed by atoms with van der Waals surface area (Å²) >= 11 is 0. The third-order valence-corrected chi connectivity index (χ3v) is 14.5. The van der Waals surface area contributed by atoms with E-state index in [1.54, 1.807) is 0 Å². The van der Waals surface area contributed by atoms with E-state index in [9.17, 15) is 14.4 Å². The molecule has 0 heterocycles. The molecule has 0 radical (unpaired) electrons. The molecule has 1 atom stereocenters. The second-order valence-corrected chi connectivity index (χ2v) is 22.0. The van der Waals surface area contributed by atoms with Crippen LogP contribution in [0.5, 0.6) is 0 Å². The molecule has 0 spiro atoms. The highest BCUT2D eigenvalue weighted by molar-refractivity contribution is 5.71. The van der Waals surface area contributed by atoms with Gasteiger partial charge in [0.1, 0.15) is 13.2 Å². The van der Waals surface area contributed by atoms with E-state index >= 15 is 0 Å². The summed E-state index contributed by atoms with van der Waals surface area (Å²) in [5, 5.41) is 0. The van der Waals surface area contributed by atoms with E-state index < -0.39 is 6.10 Å². The first-order valence-corrected chi connectivity index (χ1v) is 32.8. The Balaban J connectivity index is 4.02. The molecule has 75 heavy (non-hydrogen) atoms. The Morgan fingerprint density at radius 2 is 0.520 bits per heavy atom. The number of rotatable bonds is 60. The van der Waals surface area contributed by atoms with Gasteiger partial charge in [0.25, 0.3) is 0 Å². The van der Waals surface area contributed by atoms with Gasteiger partial charge >= 0.3 is 17.9 Å². The van der Waals surface area contributed by atoms with Gasteiger partial charge in [-0.3, -0.25) is 14.4 Å². The average Bonchev–Trinajstić information content (AvgIpc) is 3.41. The minimum Gasteiger partial charge on any atom is -0.462 e. The molecule has 0 aromatic heterocycles. The van der Waals surface area contributed by atoms with Gasteiger partial charge in [-0.05, 0) is 64.2 Å². The first-order valence-electron chi connectivity index (χ1n) is 32.8. The van der Waals surface area contributed by atoms with Crippen LogP contribution in [0, 0.1) is 0 Å². The fourth-order valence-electron chi connectivity index (χ4n) is 9.65. The molecule has 0 aliphatic carbocycles. The SMILES string of the molecule is CC/C=C\C/C=C\C/C=C\C/C=C\C/C=C\CCCCCCCCCCCCCCCCCCCC(=O)OCC(COC(=O)CCCCCCCCCC)OC(=O)CCCCCCCCCCCCCCCCCC. The van der Waals surface area contributed by atoms with E-state index in [-0.39, 0.29) is 31.1 Å². The molecule has 0 N–H and O–H groups in total. The summed E-state index contributed by atoms with van der Waals surface area (Å²) in [5.41, 5.74) is 0. The average molecular weight is 1050 g/mol. The van der Waals surface area contributed by atoms with Crippen LogP contribution in [0.2, 0.25) is 0 Å². The monoisotopic (exact) mass is 1050 g/mol. The van der Waals surface area contributed by atoms with E-state index in [0.29, 0.717) is 19.3 Å². The van der Waals surface area contributed by atoms with Gasteiger partial charge in [-0.1, -0.05) is 319 Å². The van der Waals surface area contributed by atoms with Crippen LogP contribution in [0.1, 0.15) is 342 Å². The number of allylic oxidation sites excluding steroid dienone is 10. The molecule has 0 bridgehead atoms. The summed E-state index contributed by atoms with van der Waals surface area (Å²) in [6, 6.07) is 0. The van der Waals surface area contributed by atoms with Crippen molar-refractivity contribution in [3.05, 3.63) is 60.8 Å². The van der Waals surface area contributed by atoms with Crippen LogP contribution in [0.4, 0.5) is 0 Å². The molecule has 6 heteroatoms. The number of carbonyl (C=O) groups is 3. The number of carbonyl (C=O) groups excluding carboxylic acids is 3. The van der Waals surface area contributed by atoms with Crippen LogP contribution in [0.3, 0.4) is 0 Å². The summed E-state index contributed by atoms with van der Waals surface area (Å²) in [5.74, 6) is -0.851. The van der Waals surface area contributed by atoms with Crippen LogP contribution in [-0.2, 0) is 28.6 Å². The molecule has 0 saturated heterocycles. The second kappa shape index (κ2) is 63.6. The Bertz CT molecular complexity index is 1340. The molecular weight excluding hydrogens is 925 g/mol. The summed E-state index contributed by atoms with van der Waals surface area (Å²) < 4.78 is 16.9. The highest BCUT2D eigenvalue weighted by Crippen LogP contribution is 2.18. The molecule has 0 amide bonds. The molecule has 0 rings (SSSR count). The number of esters is 3. The van der Waals surface area contributed by atoms with E-state index in [0.717, 1.165) is 89.9 Å². The van der Waals surface area contributed by atoms with E-state index in [1.807, 2.05) is 0 Å². The molecule has 1 unspecified atom stereocenters. The Morgan fingerprint density at radius 1 is 0.280 bits per heavy atom. The van der Waals surface area contributed by atoms with Gasteiger partial charge in [0, 0.05) is 19.3 Å². The fourth-order valence-corrected chi connectivity index (χ4v) is 9.65. The third kappa shape index (κ3) is 61.8. The van der Waals surface area contributed by atoms with Crippen molar-refractivity contribution >= 4 is 17.9 Å². The van der Waals surface area contributed by atoms with Gasteiger partial charge in [0.15, 0.2) is 6.10 Å². The minimum absolute atomic E-state index is 0.0673. The summed E-state index contributed by atoms with van der Waals surface area (Å²) in [6.07, 6.45) is 81.2. The molecule has 0 aromatic rings. The topological polar surface area (TPSA) is 78.9 Å². The summed E-state index contributed by atoms with van der Waals surface area (Å²) in [4.78, 5) is 38.1. The fraction of sp³-hybridized carbons (Fsp3) is 0.812. The van der Waals surface area contributed by atoms with E-state index in [4.69, 9.17) is 14.2 Å². The minimum atomic E-state index is -0.767. The maximum Gasteiger partial charge on any atom is 0.306 e. The zero-order valence-electron chi connectivity index (χ0n) is 50.1. The summed E-state index contributed by atoms with van der Waals surface area (Å²) in [6.45, 7) is 6.54. The molecule has 0 fully saturated rings. The Morgan fingerprint density at radius 3 is 0.813 bits per heavy atom. The van der Waals surface area contributed by atoms with Gasteiger partial charge in [0.05, 0.1) is 0 Å². The molecule has 0 aliphatic rings. The van der Waals surface area contributed by atoms with Crippen molar-refractivity contribution < 1.29 is 28.6 Å². The first kappa shape index (κ1) is 72.1. The molecular formula is C69H124O6. The number of hydrogen-bond acceptors (Lipinski definition) is 6. The maximum atomic E-state index is 12.8. The van der Waals surface area contributed by atoms with Gasteiger partial charge in [-0.25, -0.2) is 0 Å². The lowest BCUT2D eigenvalue weighted by Gasteiger charge is -2.18. The van der Waals surface area contributed by atoms with Crippen molar-refractivity contribution in [3.8, 4) is 0 Å². The largest absolute Gasteiger partial charge is 0.462 e. The highest BCUT2D eigenvalue weighted by Gasteiger charge is 2.19. The van der Waals surface area contributed by atoms with Crippen LogP contribution >= 0.6 is 0 Å². The Hall–Kier alpha value is -2.89. The molecule has 6 nitrogen and oxygen atoms in total. The third-order valence-electron chi connectivity index (χ3n) is 14.5. The molecule has 0 aromatic carbocycles. The summed E-state index contributed by atoms with van der Waals surface area (Å²) in [7, 11) is 0. The van der Waals surface area contributed by atoms with Gasteiger partial charge < -0.3 is 14.2 Å². The lowest BCUT2D eigenvalue weighted by Crippen LogP contribution is -2.30. The molecule has 0 saturated carbocycles. The van der Waals surface area contributed by atoms with Gasteiger partial charge in [0.2, 0.25) is 0 Å². The van der Waals surface area contributed by atoms with Crippen molar-refractivity contribution in [2.75, 3.05) is 13.2 Å². The second-order valence-electron chi connectivity index (χ2n) is 22.0. The Kier molecular flexibility index (Phi) is 61.2. The van der Waals surface area contributed by atoms with Crippen LogP contribution in [-0.4, -0.2) is 37.2 Å². The van der Waals surface area contributed by atoms with Crippen LogP contribution in [0.15, 0.2) is 60.8 Å². The van der Waals surface area contributed by atoms with Crippen molar-refractivity contribution in [1.29, 1.82) is 0 Å². The van der Waals surface area contributed by atoms with Crippen LogP contribution < -0.4 is 0 Å². The maximum absolute atomic E-state index is 12.8. The van der Waals surface area contributed by atoms with Gasteiger partial charge in [-0.2, -0.15) is 0 Å². The smallest absolute Gasteiger partial charge is 0.306 e. The van der Waals surface area contributed by atoms with Crippen LogP contribution in [0.25, 0.3) is 0 Å². The van der Waals surface area contributed by atoms with E-state index in [1.165, 1.54) is 212 Å². The first-order chi connectivity index (χ1) is 37.0. The van der Waals surface area contributed by atoms with Crippen molar-refractivity contribution in [1.82, 2.24) is 0 Å². The zero-order valence-corrected chi connectivity index (χ0v) is 50.1. The predicted molar refractivity (Wildman–Crippen MR) is 325 cm³/mol. The van der Waals surface area contributed by atoms with Crippen molar-refractivity contribution in [2.24, 2.45) is 0 Å². The standard InChI is InChI=1S/C69H124O6/c1-4-7-10-13-16-19-21-23-25-27-28-29-30-31-32-33-34-35-36-37-38-39-40-41-42-43-45-46-48-50-53-56-59-62-68(71)74-65-66(64-73-67(70)61-58-55-52-18-15-12-9-6-3)75-69(72)63-60-57-54-51-49-47-44-26-24-22-20-17-14-11-8-5-2/h7,10,16,19,23,25,28-29,31-32,66H,4-6,8-9,11-15,17-18,20-22,24,26-27,30,33-65H2,1-3H3/b10-7-,19-16-,25-23-,29-28-,32-31-. The lowest BCUT2D eigenvalue weighted by atomic mass is 10.0. The number of hydrogen-bond donors (Lipinski definition) is 0. The zero-order chi connectivity index (χ0) is 54.3. The molecule has 0 aliphatic heterocycles. The lowest BCUT2D eigenvalue weighted by molar-refractivity contribution is -0.167.